The van der Waals surface area contributed by atoms with Crippen LogP contribution in [0, 0.1) is 0 Å². The number of rotatable bonds is 1. The van der Waals surface area contributed by atoms with Crippen LogP contribution in [0.25, 0.3) is 0 Å². The van der Waals surface area contributed by atoms with Crippen LogP contribution in [-0.2, 0) is 24.2 Å². The summed E-state index contributed by atoms with van der Waals surface area (Å²) in [6.45, 7) is 4.67. The van der Waals surface area contributed by atoms with Gasteiger partial charge in [-0.1, -0.05) is 24.3 Å². The van der Waals surface area contributed by atoms with E-state index < -0.39 is 0 Å². The molecular weight excluding hydrogens is 296 g/mol. The Bertz CT molecular complexity index is 762. The number of benzene rings is 2. The molecule has 0 spiro atoms. The molecular formula is C21H24N2O. The van der Waals surface area contributed by atoms with Gasteiger partial charge in [-0.2, -0.15) is 0 Å². The van der Waals surface area contributed by atoms with Gasteiger partial charge in [0.15, 0.2) is 0 Å². The number of para-hydroxylation sites is 1. The van der Waals surface area contributed by atoms with Crippen LogP contribution in [0.4, 0.5) is 11.4 Å². The van der Waals surface area contributed by atoms with Gasteiger partial charge in [-0.05, 0) is 60.6 Å². The minimum atomic E-state index is 0.110. The van der Waals surface area contributed by atoms with Crippen LogP contribution in [0.2, 0.25) is 0 Å². The first-order chi connectivity index (χ1) is 11.7. The highest BCUT2D eigenvalue weighted by Crippen LogP contribution is 2.31. The molecule has 2 aromatic carbocycles. The molecule has 0 atom stereocenters. The molecule has 0 saturated carbocycles. The molecule has 0 N–H and O–H groups in total. The number of carbonyl (C=O) groups excluding carboxylic acids is 1. The highest BCUT2D eigenvalue weighted by atomic mass is 16.2. The zero-order valence-corrected chi connectivity index (χ0v) is 14.3. The van der Waals surface area contributed by atoms with Crippen LogP contribution >= 0.6 is 0 Å². The minimum Gasteiger partial charge on any atom is -0.372 e. The van der Waals surface area contributed by atoms with E-state index in [2.05, 4.69) is 41.3 Å². The van der Waals surface area contributed by atoms with Gasteiger partial charge in [-0.25, -0.2) is 0 Å². The Balaban J connectivity index is 1.71. The zero-order valence-electron chi connectivity index (χ0n) is 14.3. The number of hydrogen-bond donors (Lipinski definition) is 0. The Labute approximate surface area is 143 Å². The van der Waals surface area contributed by atoms with Crippen molar-refractivity contribution >= 4 is 17.3 Å². The van der Waals surface area contributed by atoms with Gasteiger partial charge < -0.3 is 9.80 Å². The highest BCUT2D eigenvalue weighted by Gasteiger charge is 2.21. The van der Waals surface area contributed by atoms with Crippen molar-refractivity contribution in [3.8, 4) is 0 Å². The molecule has 4 rings (SSSR count). The van der Waals surface area contributed by atoms with Gasteiger partial charge in [-0.3, -0.25) is 4.79 Å². The maximum atomic E-state index is 12.2. The van der Waals surface area contributed by atoms with Crippen molar-refractivity contribution in [2.45, 2.75) is 39.2 Å². The average molecular weight is 320 g/mol. The van der Waals surface area contributed by atoms with Gasteiger partial charge in [-0.15, -0.1) is 0 Å². The van der Waals surface area contributed by atoms with Crippen LogP contribution in [-0.4, -0.2) is 19.0 Å². The molecule has 1 fully saturated rings. The number of anilines is 2. The lowest BCUT2D eigenvalue weighted by Crippen LogP contribution is -2.30. The van der Waals surface area contributed by atoms with Gasteiger partial charge in [0, 0.05) is 31.4 Å². The molecule has 0 aliphatic carbocycles. The van der Waals surface area contributed by atoms with Crippen LogP contribution in [0.5, 0.6) is 0 Å². The quantitative estimate of drug-likeness (QED) is 0.794. The van der Waals surface area contributed by atoms with Gasteiger partial charge in [0.25, 0.3) is 0 Å². The number of carbonyl (C=O) groups is 1. The highest BCUT2D eigenvalue weighted by molar-refractivity contribution is 5.92. The van der Waals surface area contributed by atoms with Crippen molar-refractivity contribution in [2.24, 2.45) is 0 Å². The molecule has 124 valence electrons. The number of aryl methyl sites for hydroxylation is 2. The monoisotopic (exact) mass is 320 g/mol. The molecule has 0 aromatic heterocycles. The summed E-state index contributed by atoms with van der Waals surface area (Å²) in [5.41, 5.74) is 6.35. The molecule has 24 heavy (non-hydrogen) atoms. The van der Waals surface area contributed by atoms with E-state index in [1.165, 1.54) is 48.3 Å². The SMILES string of the molecule is CC(=O)N1Cc2ccc(N3CCCC3)cc2CCc2ccccc21. The van der Waals surface area contributed by atoms with Gasteiger partial charge >= 0.3 is 0 Å². The minimum absolute atomic E-state index is 0.110. The molecule has 2 aliphatic heterocycles. The van der Waals surface area contributed by atoms with Crippen LogP contribution in [0.3, 0.4) is 0 Å². The summed E-state index contributed by atoms with van der Waals surface area (Å²) in [4.78, 5) is 16.6. The third-order valence-electron chi connectivity index (χ3n) is 5.32. The normalized spacial score (nSPS) is 17.0. The Kier molecular flexibility index (Phi) is 4.01. The lowest BCUT2D eigenvalue weighted by atomic mass is 9.94. The summed E-state index contributed by atoms with van der Waals surface area (Å²) in [7, 11) is 0. The molecule has 2 aromatic rings. The Morgan fingerprint density at radius 1 is 0.917 bits per heavy atom. The third kappa shape index (κ3) is 2.79. The largest absolute Gasteiger partial charge is 0.372 e. The summed E-state index contributed by atoms with van der Waals surface area (Å²) in [6.07, 6.45) is 4.61. The molecule has 2 aliphatic rings. The maximum absolute atomic E-state index is 12.2. The smallest absolute Gasteiger partial charge is 0.224 e. The van der Waals surface area contributed by atoms with Crippen molar-refractivity contribution in [3.63, 3.8) is 0 Å². The van der Waals surface area contributed by atoms with Crippen LogP contribution in [0.15, 0.2) is 42.5 Å². The molecule has 0 radical (unpaired) electrons. The summed E-state index contributed by atoms with van der Waals surface area (Å²) in [5, 5.41) is 0. The van der Waals surface area contributed by atoms with Crippen molar-refractivity contribution in [3.05, 3.63) is 59.2 Å². The molecule has 1 saturated heterocycles. The molecule has 0 bridgehead atoms. The predicted octanol–water partition coefficient (Wildman–Crippen LogP) is 3.94. The lowest BCUT2D eigenvalue weighted by Gasteiger charge is -2.29. The fourth-order valence-electron chi connectivity index (χ4n) is 3.96. The van der Waals surface area contributed by atoms with Crippen LogP contribution < -0.4 is 9.80 Å². The van der Waals surface area contributed by atoms with Gasteiger partial charge in [0.05, 0.1) is 6.54 Å². The summed E-state index contributed by atoms with van der Waals surface area (Å²) >= 11 is 0. The topological polar surface area (TPSA) is 23.6 Å². The second-order valence-corrected chi connectivity index (χ2v) is 6.88. The maximum Gasteiger partial charge on any atom is 0.224 e. The van der Waals surface area contributed by atoms with Crippen LogP contribution in [0.1, 0.15) is 36.5 Å². The molecule has 1 amide bonds. The number of amides is 1. The summed E-state index contributed by atoms with van der Waals surface area (Å²) in [5.74, 6) is 0.110. The van der Waals surface area contributed by atoms with E-state index >= 15 is 0 Å². The average Bonchev–Trinajstić information content (AvgIpc) is 3.11. The molecule has 3 heteroatoms. The zero-order chi connectivity index (χ0) is 16.5. The van der Waals surface area contributed by atoms with Gasteiger partial charge in [0.1, 0.15) is 0 Å². The van der Waals surface area contributed by atoms with Crippen molar-refractivity contribution in [1.29, 1.82) is 0 Å². The number of fused-ring (bicyclic) bond motifs is 2. The van der Waals surface area contributed by atoms with Crippen molar-refractivity contribution < 1.29 is 4.79 Å². The fourth-order valence-corrected chi connectivity index (χ4v) is 3.96. The van der Waals surface area contributed by atoms with E-state index in [1.54, 1.807) is 6.92 Å². The van der Waals surface area contributed by atoms with E-state index in [-0.39, 0.29) is 5.91 Å². The van der Waals surface area contributed by atoms with E-state index in [4.69, 9.17) is 0 Å². The molecule has 3 nitrogen and oxygen atoms in total. The first-order valence-electron chi connectivity index (χ1n) is 8.95. The van der Waals surface area contributed by atoms with Crippen molar-refractivity contribution in [1.82, 2.24) is 0 Å². The second kappa shape index (κ2) is 6.31. The number of hydrogen-bond acceptors (Lipinski definition) is 2. The Morgan fingerprint density at radius 3 is 2.46 bits per heavy atom. The predicted molar refractivity (Wildman–Crippen MR) is 98.6 cm³/mol. The first-order valence-corrected chi connectivity index (χ1v) is 8.95. The summed E-state index contributed by atoms with van der Waals surface area (Å²) in [6, 6.07) is 15.1. The lowest BCUT2D eigenvalue weighted by molar-refractivity contribution is -0.116. The molecule has 0 unspecified atom stereocenters. The molecule has 2 heterocycles. The van der Waals surface area contributed by atoms with Crippen molar-refractivity contribution in [2.75, 3.05) is 22.9 Å². The first kappa shape index (κ1) is 15.3. The number of nitrogens with zero attached hydrogens (tertiary/aromatic N) is 2. The fraction of sp³-hybridized carbons (Fsp3) is 0.381. The Hall–Kier alpha value is -2.29. The van der Waals surface area contributed by atoms with E-state index in [1.807, 2.05) is 11.0 Å². The van der Waals surface area contributed by atoms with Gasteiger partial charge in [0.2, 0.25) is 5.91 Å². The third-order valence-corrected chi connectivity index (χ3v) is 5.32. The standard InChI is InChI=1S/C21H24N2O/c1-16(24)23-15-19-10-11-20(22-12-4-5-13-22)14-18(19)9-8-17-6-2-3-7-21(17)23/h2-3,6-7,10-11,14H,4-5,8-9,12-13,15H2,1H3. The Morgan fingerprint density at radius 2 is 1.67 bits per heavy atom. The summed E-state index contributed by atoms with van der Waals surface area (Å²) < 4.78 is 0. The van der Waals surface area contributed by atoms with E-state index in [0.717, 1.165) is 18.5 Å². The second-order valence-electron chi connectivity index (χ2n) is 6.88. The van der Waals surface area contributed by atoms with E-state index in [9.17, 15) is 4.79 Å². The van der Waals surface area contributed by atoms with E-state index in [0.29, 0.717) is 6.54 Å².